The first-order valence-electron chi connectivity index (χ1n) is 10.8. The lowest BCUT2D eigenvalue weighted by Crippen LogP contribution is -2.25. The SMILES string of the molecule is CCCC=C(CCNC(=O)c1cc(Cc2cccc(F)c2)on1)c1ccc(OC)cc1C. The number of aryl methyl sites for hydroxylation is 1. The number of halogens is 1. The third-order valence-corrected chi connectivity index (χ3v) is 5.20. The maximum atomic E-state index is 13.3. The first kappa shape index (κ1) is 23.3. The third-order valence-electron chi connectivity index (χ3n) is 5.20. The topological polar surface area (TPSA) is 64.4 Å². The molecule has 168 valence electrons. The Balaban J connectivity index is 1.60. The number of unbranched alkanes of at least 4 members (excludes halogenated alkanes) is 1. The minimum absolute atomic E-state index is 0.219. The number of nitrogens with one attached hydrogen (secondary N) is 1. The fourth-order valence-corrected chi connectivity index (χ4v) is 3.54. The number of hydrogen-bond acceptors (Lipinski definition) is 4. The van der Waals surface area contributed by atoms with Gasteiger partial charge in [0, 0.05) is 19.0 Å². The predicted octanol–water partition coefficient (Wildman–Crippen LogP) is 5.73. The van der Waals surface area contributed by atoms with Crippen LogP contribution in [0.25, 0.3) is 5.57 Å². The molecule has 1 amide bonds. The molecular weight excluding hydrogens is 407 g/mol. The number of nitrogens with zero attached hydrogens (tertiary/aromatic N) is 1. The summed E-state index contributed by atoms with van der Waals surface area (Å²) in [5, 5.41) is 6.78. The third kappa shape index (κ3) is 6.30. The monoisotopic (exact) mass is 436 g/mol. The fourth-order valence-electron chi connectivity index (χ4n) is 3.54. The van der Waals surface area contributed by atoms with Crippen LogP contribution in [0.15, 0.2) is 59.1 Å². The molecule has 1 aromatic heterocycles. The lowest BCUT2D eigenvalue weighted by atomic mass is 9.96. The van der Waals surface area contributed by atoms with Crippen LogP contribution in [0.3, 0.4) is 0 Å². The Morgan fingerprint density at radius 1 is 1.22 bits per heavy atom. The van der Waals surface area contributed by atoms with Crippen molar-refractivity contribution in [3.63, 3.8) is 0 Å². The van der Waals surface area contributed by atoms with E-state index in [9.17, 15) is 9.18 Å². The number of benzene rings is 2. The maximum absolute atomic E-state index is 13.3. The number of carbonyl (C=O) groups excluding carboxylic acids is 1. The molecule has 5 nitrogen and oxygen atoms in total. The van der Waals surface area contributed by atoms with E-state index in [1.165, 1.54) is 17.7 Å². The van der Waals surface area contributed by atoms with E-state index in [-0.39, 0.29) is 17.4 Å². The summed E-state index contributed by atoms with van der Waals surface area (Å²) in [6.07, 6.45) is 5.33. The average molecular weight is 437 g/mol. The summed E-state index contributed by atoms with van der Waals surface area (Å²) in [5.41, 5.74) is 4.47. The standard InChI is InChI=1S/C26H29FN2O3/c1-4-5-8-20(24-11-10-22(31-3)14-18(24)2)12-13-28-26(30)25-17-23(32-29-25)16-19-7-6-9-21(27)15-19/h6-11,14-15,17H,4-5,12-13,16H2,1-3H3,(H,28,30). The number of hydrogen-bond donors (Lipinski definition) is 1. The van der Waals surface area contributed by atoms with Gasteiger partial charge in [-0.1, -0.05) is 42.8 Å². The molecule has 1 heterocycles. The van der Waals surface area contributed by atoms with Crippen molar-refractivity contribution in [1.82, 2.24) is 10.5 Å². The molecule has 3 rings (SSSR count). The van der Waals surface area contributed by atoms with Gasteiger partial charge in [-0.2, -0.15) is 0 Å². The summed E-state index contributed by atoms with van der Waals surface area (Å²) >= 11 is 0. The van der Waals surface area contributed by atoms with E-state index in [0.29, 0.717) is 25.1 Å². The van der Waals surface area contributed by atoms with E-state index in [4.69, 9.17) is 9.26 Å². The Bertz CT molecular complexity index is 1090. The zero-order valence-electron chi connectivity index (χ0n) is 18.8. The van der Waals surface area contributed by atoms with Crippen molar-refractivity contribution >= 4 is 11.5 Å². The molecule has 0 unspecified atom stereocenters. The van der Waals surface area contributed by atoms with E-state index < -0.39 is 0 Å². The van der Waals surface area contributed by atoms with Gasteiger partial charge in [-0.15, -0.1) is 0 Å². The first-order chi connectivity index (χ1) is 15.5. The van der Waals surface area contributed by atoms with Crippen LogP contribution in [0.2, 0.25) is 0 Å². The molecule has 1 N–H and O–H groups in total. The van der Waals surface area contributed by atoms with Gasteiger partial charge in [0.25, 0.3) is 5.91 Å². The van der Waals surface area contributed by atoms with E-state index in [2.05, 4.69) is 36.5 Å². The van der Waals surface area contributed by atoms with Gasteiger partial charge in [0.05, 0.1) is 7.11 Å². The second-order valence-electron chi connectivity index (χ2n) is 7.69. The van der Waals surface area contributed by atoms with Gasteiger partial charge >= 0.3 is 0 Å². The number of aromatic nitrogens is 1. The molecule has 0 bridgehead atoms. The van der Waals surface area contributed by atoms with Gasteiger partial charge in [0.2, 0.25) is 0 Å². The Labute approximate surface area is 188 Å². The summed E-state index contributed by atoms with van der Waals surface area (Å²) in [6.45, 7) is 4.68. The summed E-state index contributed by atoms with van der Waals surface area (Å²) in [5.74, 6) is 0.743. The summed E-state index contributed by atoms with van der Waals surface area (Å²) in [4.78, 5) is 12.5. The number of amides is 1. The van der Waals surface area contributed by atoms with Gasteiger partial charge in [-0.25, -0.2) is 4.39 Å². The molecule has 0 aliphatic rings. The molecule has 6 heteroatoms. The fraction of sp³-hybridized carbons (Fsp3) is 0.308. The number of methoxy groups -OCH3 is 1. The summed E-state index contributed by atoms with van der Waals surface area (Å²) in [6, 6.07) is 13.9. The van der Waals surface area contributed by atoms with Gasteiger partial charge in [-0.3, -0.25) is 4.79 Å². The van der Waals surface area contributed by atoms with Gasteiger partial charge < -0.3 is 14.6 Å². The molecule has 0 aliphatic carbocycles. The molecule has 0 spiro atoms. The highest BCUT2D eigenvalue weighted by atomic mass is 19.1. The highest BCUT2D eigenvalue weighted by molar-refractivity contribution is 5.92. The van der Waals surface area contributed by atoms with E-state index in [0.717, 1.165) is 35.3 Å². The van der Waals surface area contributed by atoms with Crippen LogP contribution in [-0.2, 0) is 6.42 Å². The van der Waals surface area contributed by atoms with Crippen molar-refractivity contribution in [3.8, 4) is 5.75 Å². The second-order valence-corrected chi connectivity index (χ2v) is 7.69. The van der Waals surface area contributed by atoms with Gasteiger partial charge in [0.1, 0.15) is 17.3 Å². The molecule has 0 saturated heterocycles. The van der Waals surface area contributed by atoms with Crippen molar-refractivity contribution in [2.45, 2.75) is 39.5 Å². The molecule has 2 aromatic carbocycles. The number of carbonyl (C=O) groups is 1. The molecule has 32 heavy (non-hydrogen) atoms. The maximum Gasteiger partial charge on any atom is 0.273 e. The summed E-state index contributed by atoms with van der Waals surface area (Å²) in [7, 11) is 1.66. The molecular formula is C26H29FN2O3. The van der Waals surface area contributed by atoms with Crippen LogP contribution in [0, 0.1) is 12.7 Å². The van der Waals surface area contributed by atoms with Crippen molar-refractivity contribution < 1.29 is 18.4 Å². The zero-order valence-corrected chi connectivity index (χ0v) is 18.8. The summed E-state index contributed by atoms with van der Waals surface area (Å²) < 4.78 is 23.9. The van der Waals surface area contributed by atoms with Crippen molar-refractivity contribution in [1.29, 1.82) is 0 Å². The minimum atomic E-state index is -0.306. The van der Waals surface area contributed by atoms with Crippen molar-refractivity contribution in [2.24, 2.45) is 0 Å². The predicted molar refractivity (Wildman–Crippen MR) is 123 cm³/mol. The molecule has 0 saturated carbocycles. The first-order valence-corrected chi connectivity index (χ1v) is 10.8. The van der Waals surface area contributed by atoms with Crippen molar-refractivity contribution in [3.05, 3.63) is 88.6 Å². The van der Waals surface area contributed by atoms with Gasteiger partial charge in [-0.05, 0) is 66.3 Å². The Hall–Kier alpha value is -3.41. The lowest BCUT2D eigenvalue weighted by molar-refractivity contribution is 0.0945. The van der Waals surface area contributed by atoms with E-state index >= 15 is 0 Å². The normalized spacial score (nSPS) is 11.4. The van der Waals surface area contributed by atoms with Crippen LogP contribution in [0.4, 0.5) is 4.39 Å². The Kier molecular flexibility index (Phi) is 8.20. The van der Waals surface area contributed by atoms with Crippen LogP contribution in [0.5, 0.6) is 5.75 Å². The smallest absolute Gasteiger partial charge is 0.273 e. The van der Waals surface area contributed by atoms with E-state index in [1.807, 2.05) is 12.1 Å². The molecule has 0 atom stereocenters. The van der Waals surface area contributed by atoms with Crippen LogP contribution in [-0.4, -0.2) is 24.7 Å². The lowest BCUT2D eigenvalue weighted by Gasteiger charge is -2.13. The zero-order chi connectivity index (χ0) is 22.9. The van der Waals surface area contributed by atoms with Crippen LogP contribution in [0.1, 0.15) is 59.1 Å². The number of allylic oxidation sites excluding steroid dienone is 1. The molecule has 0 radical (unpaired) electrons. The Morgan fingerprint density at radius 3 is 2.78 bits per heavy atom. The second kappa shape index (κ2) is 11.3. The average Bonchev–Trinajstić information content (AvgIpc) is 3.24. The van der Waals surface area contributed by atoms with E-state index in [1.54, 1.807) is 25.3 Å². The van der Waals surface area contributed by atoms with Crippen LogP contribution < -0.4 is 10.1 Å². The van der Waals surface area contributed by atoms with Gasteiger partial charge in [0.15, 0.2) is 5.69 Å². The molecule has 3 aromatic rings. The number of rotatable bonds is 10. The molecule has 0 fully saturated rings. The van der Waals surface area contributed by atoms with Crippen molar-refractivity contribution in [2.75, 3.05) is 13.7 Å². The minimum Gasteiger partial charge on any atom is -0.497 e. The molecule has 0 aliphatic heterocycles. The van der Waals surface area contributed by atoms with Crippen LogP contribution >= 0.6 is 0 Å². The quantitative estimate of drug-likeness (QED) is 0.441. The number of ether oxygens (including phenoxy) is 1. The largest absolute Gasteiger partial charge is 0.497 e. The highest BCUT2D eigenvalue weighted by Gasteiger charge is 2.14. The highest BCUT2D eigenvalue weighted by Crippen LogP contribution is 2.26. The Morgan fingerprint density at radius 2 is 2.06 bits per heavy atom.